The van der Waals surface area contributed by atoms with Gasteiger partial charge in [-0.3, -0.25) is 4.79 Å². The van der Waals surface area contributed by atoms with Crippen LogP contribution >= 0.6 is 0 Å². The Labute approximate surface area is 173 Å². The van der Waals surface area contributed by atoms with Crippen LogP contribution in [0.4, 0.5) is 0 Å². The van der Waals surface area contributed by atoms with E-state index in [1.807, 2.05) is 50.2 Å². The molecule has 0 unspecified atom stereocenters. The highest BCUT2D eigenvalue weighted by molar-refractivity contribution is 6.05. The Balaban J connectivity index is 1.84. The number of nitrogens with one attached hydrogen (secondary N) is 1. The molecule has 0 atom stereocenters. The first-order chi connectivity index (χ1) is 14.5. The number of rotatable bonds is 6. The standard InChI is InChI=1S/C24H23NO5/c1-14-17-11-19-20(16-7-5-4-6-8-16)13-29-22(19)15(2)23(17)30-24(27)18(14)12-21(26)25-9-10-28-3/h4-8,11,13H,9-10,12H2,1-3H3,(H,25,26). The molecule has 6 heteroatoms. The van der Waals surface area contributed by atoms with Crippen molar-refractivity contribution in [3.63, 3.8) is 0 Å². The Morgan fingerprint density at radius 3 is 2.57 bits per heavy atom. The maximum Gasteiger partial charge on any atom is 0.340 e. The Bertz CT molecular complexity index is 1280. The van der Waals surface area contributed by atoms with E-state index >= 15 is 0 Å². The molecule has 0 aliphatic carbocycles. The third-order valence-electron chi connectivity index (χ3n) is 5.39. The van der Waals surface area contributed by atoms with Crippen molar-refractivity contribution in [1.29, 1.82) is 0 Å². The number of hydrogen-bond donors (Lipinski definition) is 1. The predicted octanol–water partition coefficient (Wildman–Crippen LogP) is 4.13. The number of methoxy groups -OCH3 is 1. The van der Waals surface area contributed by atoms with Gasteiger partial charge in [-0.25, -0.2) is 4.79 Å². The Hall–Kier alpha value is -3.38. The Kier molecular flexibility index (Phi) is 5.42. The van der Waals surface area contributed by atoms with Gasteiger partial charge < -0.3 is 18.9 Å². The first-order valence-corrected chi connectivity index (χ1v) is 9.79. The highest BCUT2D eigenvalue weighted by atomic mass is 16.5. The molecule has 2 heterocycles. The van der Waals surface area contributed by atoms with Crippen LogP contribution in [0.5, 0.6) is 0 Å². The fourth-order valence-electron chi connectivity index (χ4n) is 3.76. The Morgan fingerprint density at radius 2 is 1.83 bits per heavy atom. The summed E-state index contributed by atoms with van der Waals surface area (Å²) in [6.07, 6.45) is 1.69. The third-order valence-corrected chi connectivity index (χ3v) is 5.39. The van der Waals surface area contributed by atoms with Gasteiger partial charge in [-0.05, 0) is 31.0 Å². The lowest BCUT2D eigenvalue weighted by Crippen LogP contribution is -2.30. The molecule has 30 heavy (non-hydrogen) atoms. The van der Waals surface area contributed by atoms with Crippen LogP contribution in [-0.4, -0.2) is 26.2 Å². The van der Waals surface area contributed by atoms with Gasteiger partial charge in [-0.1, -0.05) is 30.3 Å². The first kappa shape index (κ1) is 19.9. The summed E-state index contributed by atoms with van der Waals surface area (Å²) in [5.41, 5.74) is 4.56. The van der Waals surface area contributed by atoms with E-state index in [9.17, 15) is 9.59 Å². The molecule has 2 aromatic carbocycles. The zero-order valence-electron chi connectivity index (χ0n) is 17.2. The van der Waals surface area contributed by atoms with Gasteiger partial charge in [-0.15, -0.1) is 0 Å². The maximum atomic E-state index is 12.6. The van der Waals surface area contributed by atoms with E-state index in [4.69, 9.17) is 13.6 Å². The lowest BCUT2D eigenvalue weighted by Gasteiger charge is -2.10. The number of benzene rings is 2. The van der Waals surface area contributed by atoms with E-state index in [-0.39, 0.29) is 12.3 Å². The van der Waals surface area contributed by atoms with E-state index < -0.39 is 5.63 Å². The summed E-state index contributed by atoms with van der Waals surface area (Å²) in [4.78, 5) is 24.9. The molecule has 6 nitrogen and oxygen atoms in total. The smallest absolute Gasteiger partial charge is 0.340 e. The van der Waals surface area contributed by atoms with Crippen LogP contribution in [-0.2, 0) is 16.0 Å². The van der Waals surface area contributed by atoms with Crippen LogP contribution in [0.15, 0.2) is 56.3 Å². The van der Waals surface area contributed by atoms with E-state index in [1.165, 1.54) is 0 Å². The van der Waals surface area contributed by atoms with Crippen molar-refractivity contribution in [1.82, 2.24) is 5.32 Å². The minimum absolute atomic E-state index is 0.0398. The van der Waals surface area contributed by atoms with E-state index in [0.717, 1.165) is 33.0 Å². The van der Waals surface area contributed by atoms with Crippen molar-refractivity contribution in [3.8, 4) is 11.1 Å². The summed E-state index contributed by atoms with van der Waals surface area (Å²) in [5, 5.41) is 4.49. The number of hydrogen-bond acceptors (Lipinski definition) is 5. The molecule has 0 aliphatic heterocycles. The van der Waals surface area contributed by atoms with Gasteiger partial charge in [0.25, 0.3) is 0 Å². The van der Waals surface area contributed by atoms with Gasteiger partial charge in [0.1, 0.15) is 11.2 Å². The van der Waals surface area contributed by atoms with Crippen LogP contribution in [0.3, 0.4) is 0 Å². The van der Waals surface area contributed by atoms with Crippen LogP contribution in [0.2, 0.25) is 0 Å². The minimum Gasteiger partial charge on any atom is -0.463 e. The number of carbonyl (C=O) groups excluding carboxylic acids is 1. The number of furan rings is 1. The lowest BCUT2D eigenvalue weighted by atomic mass is 9.97. The molecular formula is C24H23NO5. The van der Waals surface area contributed by atoms with Crippen molar-refractivity contribution in [3.05, 3.63) is 69.8 Å². The van der Waals surface area contributed by atoms with E-state index in [1.54, 1.807) is 13.4 Å². The molecule has 4 aromatic rings. The SMILES string of the molecule is COCCNC(=O)Cc1c(C)c2cc3c(-c4ccccc4)coc3c(C)c2oc1=O. The predicted molar refractivity (Wildman–Crippen MR) is 116 cm³/mol. The molecule has 154 valence electrons. The topological polar surface area (TPSA) is 81.7 Å². The molecule has 0 saturated heterocycles. The molecule has 1 N–H and O–H groups in total. The average molecular weight is 405 g/mol. The summed E-state index contributed by atoms with van der Waals surface area (Å²) in [6, 6.07) is 12.0. The van der Waals surface area contributed by atoms with Crippen LogP contribution in [0.1, 0.15) is 16.7 Å². The molecule has 0 bridgehead atoms. The highest BCUT2D eigenvalue weighted by Crippen LogP contribution is 2.37. The second-order valence-electron chi connectivity index (χ2n) is 7.28. The third kappa shape index (κ3) is 3.50. The fourth-order valence-corrected chi connectivity index (χ4v) is 3.76. The second kappa shape index (κ2) is 8.16. The van der Waals surface area contributed by atoms with Crippen LogP contribution in [0, 0.1) is 13.8 Å². The highest BCUT2D eigenvalue weighted by Gasteiger charge is 2.20. The largest absolute Gasteiger partial charge is 0.463 e. The minimum atomic E-state index is -0.501. The van der Waals surface area contributed by atoms with Gasteiger partial charge in [-0.2, -0.15) is 0 Å². The summed E-state index contributed by atoms with van der Waals surface area (Å²) in [5.74, 6) is -0.243. The van der Waals surface area contributed by atoms with Crippen molar-refractivity contribution >= 4 is 27.8 Å². The lowest BCUT2D eigenvalue weighted by molar-refractivity contribution is -0.120. The maximum absolute atomic E-state index is 12.6. The normalized spacial score (nSPS) is 11.3. The van der Waals surface area contributed by atoms with E-state index in [2.05, 4.69) is 5.32 Å². The van der Waals surface area contributed by atoms with Crippen LogP contribution in [0.25, 0.3) is 33.1 Å². The number of ether oxygens (including phenoxy) is 1. The molecule has 1 amide bonds. The number of aryl methyl sites for hydroxylation is 2. The first-order valence-electron chi connectivity index (χ1n) is 9.79. The zero-order chi connectivity index (χ0) is 21.3. The molecule has 0 aliphatic rings. The quantitative estimate of drug-likeness (QED) is 0.385. The molecule has 0 radical (unpaired) electrons. The molecule has 4 rings (SSSR count). The summed E-state index contributed by atoms with van der Waals surface area (Å²) < 4.78 is 16.4. The number of fused-ring (bicyclic) bond motifs is 2. The summed E-state index contributed by atoms with van der Waals surface area (Å²) in [6.45, 7) is 4.53. The molecule has 2 aromatic heterocycles. The molecule has 0 spiro atoms. The van der Waals surface area contributed by atoms with Crippen molar-refractivity contribution in [2.45, 2.75) is 20.3 Å². The van der Waals surface area contributed by atoms with Crippen molar-refractivity contribution < 1.29 is 18.4 Å². The summed E-state index contributed by atoms with van der Waals surface area (Å²) in [7, 11) is 1.57. The number of carbonyl (C=O) groups is 1. The van der Waals surface area contributed by atoms with Crippen LogP contribution < -0.4 is 10.9 Å². The second-order valence-corrected chi connectivity index (χ2v) is 7.28. The van der Waals surface area contributed by atoms with Crippen molar-refractivity contribution in [2.75, 3.05) is 20.3 Å². The van der Waals surface area contributed by atoms with Gasteiger partial charge >= 0.3 is 5.63 Å². The molecule has 0 fully saturated rings. The van der Waals surface area contributed by atoms with E-state index in [0.29, 0.717) is 29.9 Å². The monoisotopic (exact) mass is 405 g/mol. The number of amides is 1. The van der Waals surface area contributed by atoms with Crippen molar-refractivity contribution in [2.24, 2.45) is 0 Å². The van der Waals surface area contributed by atoms with Gasteiger partial charge in [0, 0.05) is 35.6 Å². The van der Waals surface area contributed by atoms with Gasteiger partial charge in [0.15, 0.2) is 0 Å². The molecule has 0 saturated carbocycles. The molecular weight excluding hydrogens is 382 g/mol. The summed E-state index contributed by atoms with van der Waals surface area (Å²) >= 11 is 0. The fraction of sp³-hybridized carbons (Fsp3) is 0.250. The average Bonchev–Trinajstić information content (AvgIpc) is 3.17. The Morgan fingerprint density at radius 1 is 1.07 bits per heavy atom. The zero-order valence-corrected chi connectivity index (χ0v) is 17.2. The van der Waals surface area contributed by atoms with Gasteiger partial charge in [0.05, 0.1) is 24.9 Å². The van der Waals surface area contributed by atoms with Gasteiger partial charge in [0.2, 0.25) is 5.91 Å².